The van der Waals surface area contributed by atoms with Crippen LogP contribution in [0.2, 0.25) is 0 Å². The highest BCUT2D eigenvalue weighted by molar-refractivity contribution is 9.10. The summed E-state index contributed by atoms with van der Waals surface area (Å²) in [6.07, 6.45) is -2.69. The van der Waals surface area contributed by atoms with E-state index in [1.807, 2.05) is 29.6 Å². The van der Waals surface area contributed by atoms with Gasteiger partial charge in [0.05, 0.1) is 16.7 Å². The molecule has 0 saturated carbocycles. The predicted octanol–water partition coefficient (Wildman–Crippen LogP) is 5.64. The number of carbonyl (C=O) groups excluding carboxylic acids is 1. The number of nitrogens with one attached hydrogen (secondary N) is 2. The van der Waals surface area contributed by atoms with E-state index >= 15 is 0 Å². The predicted molar refractivity (Wildman–Crippen MR) is 104 cm³/mol. The second-order valence-corrected chi connectivity index (χ2v) is 7.43. The van der Waals surface area contributed by atoms with Crippen LogP contribution in [0.3, 0.4) is 0 Å². The molecular formula is C18H11BrF2N4OS. The van der Waals surface area contributed by atoms with Crippen molar-refractivity contribution in [2.75, 3.05) is 5.32 Å². The van der Waals surface area contributed by atoms with Gasteiger partial charge in [0, 0.05) is 21.0 Å². The van der Waals surface area contributed by atoms with E-state index in [1.54, 1.807) is 0 Å². The Labute approximate surface area is 164 Å². The van der Waals surface area contributed by atoms with E-state index in [-0.39, 0.29) is 5.91 Å². The fraction of sp³-hybridized carbons (Fsp3) is 0.0556. The number of anilines is 1. The highest BCUT2D eigenvalue weighted by Gasteiger charge is 2.15. The third kappa shape index (κ3) is 3.74. The number of aromatic nitrogens is 3. The zero-order chi connectivity index (χ0) is 19.0. The molecule has 0 aliphatic rings. The Morgan fingerprint density at radius 2 is 2.04 bits per heavy atom. The minimum atomic E-state index is -2.69. The van der Waals surface area contributed by atoms with E-state index < -0.39 is 12.2 Å². The van der Waals surface area contributed by atoms with Gasteiger partial charge >= 0.3 is 0 Å². The van der Waals surface area contributed by atoms with Crippen LogP contribution in [-0.2, 0) is 0 Å². The number of halogens is 3. The molecule has 0 aliphatic carbocycles. The van der Waals surface area contributed by atoms with Gasteiger partial charge in [-0.2, -0.15) is 0 Å². The molecule has 0 saturated heterocycles. The van der Waals surface area contributed by atoms with Crippen molar-refractivity contribution in [1.82, 2.24) is 15.0 Å². The number of nitrogens with zero attached hydrogens (tertiary/aromatic N) is 2. The molecule has 0 spiro atoms. The van der Waals surface area contributed by atoms with Gasteiger partial charge in [-0.25, -0.2) is 18.7 Å². The molecular weight excluding hydrogens is 438 g/mol. The van der Waals surface area contributed by atoms with Crippen molar-refractivity contribution in [2.24, 2.45) is 0 Å². The Hall–Kier alpha value is -2.65. The van der Waals surface area contributed by atoms with Gasteiger partial charge in [0.2, 0.25) is 0 Å². The number of benzene rings is 2. The molecule has 0 fully saturated rings. The highest BCUT2D eigenvalue weighted by Crippen LogP contribution is 2.27. The van der Waals surface area contributed by atoms with Crippen LogP contribution >= 0.6 is 27.3 Å². The van der Waals surface area contributed by atoms with Crippen LogP contribution in [-0.4, -0.2) is 20.9 Å². The summed E-state index contributed by atoms with van der Waals surface area (Å²) in [6, 6.07) is 12.3. The summed E-state index contributed by atoms with van der Waals surface area (Å²) in [5.41, 5.74) is 2.77. The molecule has 0 atom stereocenters. The van der Waals surface area contributed by atoms with E-state index in [1.165, 1.54) is 29.5 Å². The van der Waals surface area contributed by atoms with Gasteiger partial charge in [-0.1, -0.05) is 28.1 Å². The van der Waals surface area contributed by atoms with Crippen molar-refractivity contribution in [3.63, 3.8) is 0 Å². The number of thiazole rings is 1. The number of imidazole rings is 1. The number of H-pyrrole nitrogens is 1. The summed E-state index contributed by atoms with van der Waals surface area (Å²) in [6.45, 7) is 0. The largest absolute Gasteiger partial charge is 0.337 e. The minimum absolute atomic E-state index is 0.325. The summed E-state index contributed by atoms with van der Waals surface area (Å²) >= 11 is 4.73. The molecule has 0 unspecified atom stereocenters. The summed E-state index contributed by atoms with van der Waals surface area (Å²) in [5, 5.41) is 5.03. The maximum Gasteiger partial charge on any atom is 0.295 e. The number of hydrogen-bond donors (Lipinski definition) is 2. The maximum atomic E-state index is 12.7. The lowest BCUT2D eigenvalue weighted by Crippen LogP contribution is -2.11. The molecule has 136 valence electrons. The number of fused-ring (bicyclic) bond motifs is 1. The first kappa shape index (κ1) is 17.7. The average molecular weight is 449 g/mol. The minimum Gasteiger partial charge on any atom is -0.337 e. The second-order valence-electron chi connectivity index (χ2n) is 5.66. The SMILES string of the molecule is O=C(Nc1nc(-c2cccc(Br)c2)cs1)c1ccc2nc(C(F)F)[nH]c2c1. The average Bonchev–Trinajstić information content (AvgIpc) is 3.27. The van der Waals surface area contributed by atoms with E-state index in [4.69, 9.17) is 0 Å². The molecule has 4 aromatic rings. The Bertz CT molecular complexity index is 1140. The third-order valence-electron chi connectivity index (χ3n) is 3.81. The van der Waals surface area contributed by atoms with Crippen molar-refractivity contribution in [3.05, 3.63) is 63.7 Å². The summed E-state index contributed by atoms with van der Waals surface area (Å²) in [7, 11) is 0. The van der Waals surface area contributed by atoms with Crippen molar-refractivity contribution in [1.29, 1.82) is 0 Å². The van der Waals surface area contributed by atoms with Crippen LogP contribution in [0.4, 0.5) is 13.9 Å². The van der Waals surface area contributed by atoms with Crippen molar-refractivity contribution in [3.8, 4) is 11.3 Å². The Morgan fingerprint density at radius 1 is 1.19 bits per heavy atom. The molecule has 2 aromatic heterocycles. The zero-order valence-electron chi connectivity index (χ0n) is 13.5. The van der Waals surface area contributed by atoms with E-state index in [0.29, 0.717) is 21.7 Å². The molecule has 9 heteroatoms. The van der Waals surface area contributed by atoms with Crippen molar-refractivity contribution >= 4 is 49.3 Å². The van der Waals surface area contributed by atoms with E-state index in [2.05, 4.69) is 36.2 Å². The molecule has 2 N–H and O–H groups in total. The zero-order valence-corrected chi connectivity index (χ0v) is 15.9. The number of carbonyl (C=O) groups is 1. The molecule has 27 heavy (non-hydrogen) atoms. The monoisotopic (exact) mass is 448 g/mol. The molecule has 0 aliphatic heterocycles. The van der Waals surface area contributed by atoms with Crippen molar-refractivity contribution in [2.45, 2.75) is 6.43 Å². The second kappa shape index (κ2) is 7.16. The molecule has 4 rings (SSSR count). The van der Waals surface area contributed by atoms with Gasteiger partial charge in [0.25, 0.3) is 12.3 Å². The lowest BCUT2D eigenvalue weighted by Gasteiger charge is -2.02. The summed E-state index contributed by atoms with van der Waals surface area (Å²) in [5.74, 6) is -0.790. The Morgan fingerprint density at radius 3 is 2.81 bits per heavy atom. The van der Waals surface area contributed by atoms with Gasteiger partial charge in [-0.3, -0.25) is 10.1 Å². The fourth-order valence-corrected chi connectivity index (χ4v) is 3.67. The molecule has 5 nitrogen and oxygen atoms in total. The number of rotatable bonds is 4. The molecule has 0 bridgehead atoms. The Balaban J connectivity index is 1.55. The van der Waals surface area contributed by atoms with Crippen LogP contribution in [0.15, 0.2) is 52.3 Å². The quantitative estimate of drug-likeness (QED) is 0.424. The third-order valence-corrected chi connectivity index (χ3v) is 5.07. The Kier molecular flexibility index (Phi) is 4.71. The topological polar surface area (TPSA) is 70.7 Å². The van der Waals surface area contributed by atoms with Crippen molar-refractivity contribution < 1.29 is 13.6 Å². The van der Waals surface area contributed by atoms with Gasteiger partial charge < -0.3 is 4.98 Å². The van der Waals surface area contributed by atoms with Gasteiger partial charge in [-0.05, 0) is 30.3 Å². The normalized spacial score (nSPS) is 11.3. The molecule has 0 radical (unpaired) electrons. The molecule has 1 amide bonds. The number of hydrogen-bond acceptors (Lipinski definition) is 4. The first-order chi connectivity index (χ1) is 13.0. The van der Waals surface area contributed by atoms with E-state index in [9.17, 15) is 13.6 Å². The fourth-order valence-electron chi connectivity index (χ4n) is 2.55. The smallest absolute Gasteiger partial charge is 0.295 e. The van der Waals surface area contributed by atoms with Crippen LogP contribution in [0.1, 0.15) is 22.6 Å². The number of alkyl halides is 2. The first-order valence-corrected chi connectivity index (χ1v) is 9.47. The standard InChI is InChI=1S/C18H11BrF2N4OS/c19-11-3-1-2-9(6-11)14-8-27-18(24-14)25-17(26)10-4-5-12-13(7-10)23-16(22-12)15(20)21/h1-8,15H,(H,22,23)(H,24,25,26). The lowest BCUT2D eigenvalue weighted by molar-refractivity contribution is 0.102. The van der Waals surface area contributed by atoms with E-state index in [0.717, 1.165) is 15.7 Å². The maximum absolute atomic E-state index is 12.7. The van der Waals surface area contributed by atoms with Crippen LogP contribution in [0.5, 0.6) is 0 Å². The summed E-state index contributed by atoms with van der Waals surface area (Å²) in [4.78, 5) is 23.2. The van der Waals surface area contributed by atoms with Gasteiger partial charge in [0.1, 0.15) is 0 Å². The van der Waals surface area contributed by atoms with Gasteiger partial charge in [0.15, 0.2) is 11.0 Å². The number of amides is 1. The first-order valence-electron chi connectivity index (χ1n) is 7.80. The van der Waals surface area contributed by atoms with Gasteiger partial charge in [-0.15, -0.1) is 11.3 Å². The summed E-state index contributed by atoms with van der Waals surface area (Å²) < 4.78 is 26.4. The molecule has 2 heterocycles. The van der Waals surface area contributed by atoms with Crippen LogP contribution < -0.4 is 5.32 Å². The van der Waals surface area contributed by atoms with Crippen LogP contribution in [0.25, 0.3) is 22.3 Å². The number of aromatic amines is 1. The lowest BCUT2D eigenvalue weighted by atomic mass is 10.2. The van der Waals surface area contributed by atoms with Crippen LogP contribution in [0, 0.1) is 0 Å². The highest BCUT2D eigenvalue weighted by atomic mass is 79.9. The molecule has 2 aromatic carbocycles.